The highest BCUT2D eigenvalue weighted by Crippen LogP contribution is 2.29. The van der Waals surface area contributed by atoms with Crippen molar-refractivity contribution < 1.29 is 19.5 Å². The van der Waals surface area contributed by atoms with Gasteiger partial charge >= 0.3 is 5.97 Å². The van der Waals surface area contributed by atoms with E-state index in [0.717, 1.165) is 6.42 Å². The van der Waals surface area contributed by atoms with Crippen molar-refractivity contribution in [3.8, 4) is 0 Å². The topological polar surface area (TPSA) is 74.7 Å². The number of aliphatic carboxylic acids is 1. The third-order valence-electron chi connectivity index (χ3n) is 4.02. The van der Waals surface area contributed by atoms with Gasteiger partial charge in [0, 0.05) is 11.8 Å². The molecule has 1 heterocycles. The van der Waals surface area contributed by atoms with Gasteiger partial charge in [-0.1, -0.05) is 45.9 Å². The van der Waals surface area contributed by atoms with Crippen LogP contribution in [0, 0.1) is 17.8 Å². The molecule has 1 aliphatic heterocycles. The van der Waals surface area contributed by atoms with E-state index in [1.165, 1.54) is 4.90 Å². The van der Waals surface area contributed by atoms with Crippen molar-refractivity contribution in [3.63, 3.8) is 0 Å². The Labute approximate surface area is 130 Å². The lowest BCUT2D eigenvalue weighted by Crippen LogP contribution is -2.30. The number of para-hydroxylation sites is 1. The Kier molecular flexibility index (Phi) is 6.28. The number of amides is 2. The van der Waals surface area contributed by atoms with Crippen molar-refractivity contribution in [1.29, 1.82) is 0 Å². The van der Waals surface area contributed by atoms with Crippen molar-refractivity contribution in [1.82, 2.24) is 0 Å². The molecule has 1 saturated heterocycles. The summed E-state index contributed by atoms with van der Waals surface area (Å²) in [6.07, 6.45) is 0.718. The molecule has 0 radical (unpaired) electrons. The highest BCUT2D eigenvalue weighted by molar-refractivity contribution is 6.21. The highest BCUT2D eigenvalue weighted by atomic mass is 16.4. The minimum absolute atomic E-state index is 0.0984. The Morgan fingerprint density at radius 1 is 1.14 bits per heavy atom. The Morgan fingerprint density at radius 3 is 1.91 bits per heavy atom. The van der Waals surface area contributed by atoms with Crippen LogP contribution >= 0.6 is 0 Å². The van der Waals surface area contributed by atoms with Gasteiger partial charge in [-0.25, -0.2) is 0 Å². The molecule has 1 aliphatic rings. The minimum Gasteiger partial charge on any atom is -0.481 e. The van der Waals surface area contributed by atoms with Gasteiger partial charge in [-0.15, -0.1) is 0 Å². The fraction of sp³-hybridized carbons (Fsp3) is 0.471. The number of imide groups is 1. The summed E-state index contributed by atoms with van der Waals surface area (Å²) in [5.74, 6) is -1.50. The fourth-order valence-corrected chi connectivity index (χ4v) is 1.95. The number of benzene rings is 1. The second-order valence-electron chi connectivity index (χ2n) is 5.57. The molecule has 5 heteroatoms. The van der Waals surface area contributed by atoms with E-state index in [1.54, 1.807) is 32.9 Å². The Hall–Kier alpha value is -2.17. The van der Waals surface area contributed by atoms with E-state index in [1.807, 2.05) is 25.1 Å². The number of carbonyl (C=O) groups is 3. The Morgan fingerprint density at radius 2 is 1.59 bits per heavy atom. The molecule has 2 amide bonds. The maximum absolute atomic E-state index is 11.8. The van der Waals surface area contributed by atoms with Gasteiger partial charge in [0.05, 0.1) is 11.6 Å². The summed E-state index contributed by atoms with van der Waals surface area (Å²) in [5.41, 5.74) is 0.670. The van der Waals surface area contributed by atoms with Crippen LogP contribution in [0.4, 0.5) is 5.69 Å². The zero-order chi connectivity index (χ0) is 16.9. The van der Waals surface area contributed by atoms with Crippen molar-refractivity contribution in [2.24, 2.45) is 17.8 Å². The summed E-state index contributed by atoms with van der Waals surface area (Å²) in [7, 11) is 0. The summed E-state index contributed by atoms with van der Waals surface area (Å²) in [4.78, 5) is 34.9. The van der Waals surface area contributed by atoms with E-state index in [2.05, 4.69) is 0 Å². The molecule has 0 bridgehead atoms. The quantitative estimate of drug-likeness (QED) is 0.871. The van der Waals surface area contributed by atoms with Crippen LogP contribution in [-0.4, -0.2) is 22.9 Å². The molecule has 120 valence electrons. The van der Waals surface area contributed by atoms with Crippen LogP contribution in [0.5, 0.6) is 0 Å². The van der Waals surface area contributed by atoms with E-state index in [4.69, 9.17) is 5.11 Å². The average molecular weight is 305 g/mol. The van der Waals surface area contributed by atoms with Gasteiger partial charge in [0.25, 0.3) is 0 Å². The number of hydrogen-bond acceptors (Lipinski definition) is 3. The predicted octanol–water partition coefficient (Wildman–Crippen LogP) is 2.95. The van der Waals surface area contributed by atoms with Crippen LogP contribution in [0.2, 0.25) is 0 Å². The number of carboxylic acids is 1. The number of nitrogens with zero attached hydrogens (tertiary/aromatic N) is 1. The lowest BCUT2D eigenvalue weighted by molar-refractivity contribution is -0.141. The molecule has 0 aromatic heterocycles. The summed E-state index contributed by atoms with van der Waals surface area (Å²) in [6, 6.07) is 9.07. The van der Waals surface area contributed by atoms with E-state index in [-0.39, 0.29) is 29.6 Å². The molecule has 3 unspecified atom stereocenters. The second-order valence-corrected chi connectivity index (χ2v) is 5.57. The van der Waals surface area contributed by atoms with Gasteiger partial charge in [-0.2, -0.15) is 0 Å². The van der Waals surface area contributed by atoms with Gasteiger partial charge in [0.1, 0.15) is 0 Å². The molecule has 22 heavy (non-hydrogen) atoms. The van der Waals surface area contributed by atoms with E-state index >= 15 is 0 Å². The van der Waals surface area contributed by atoms with E-state index in [0.29, 0.717) is 5.69 Å². The number of carbonyl (C=O) groups excluding carboxylic acids is 2. The molecule has 5 nitrogen and oxygen atoms in total. The average Bonchev–Trinajstić information content (AvgIpc) is 2.71. The molecule has 1 fully saturated rings. The lowest BCUT2D eigenvalue weighted by Gasteiger charge is -2.13. The van der Waals surface area contributed by atoms with Gasteiger partial charge < -0.3 is 5.11 Å². The minimum atomic E-state index is -0.706. The van der Waals surface area contributed by atoms with Crippen molar-refractivity contribution in [2.45, 2.75) is 34.1 Å². The largest absolute Gasteiger partial charge is 0.481 e. The Bertz CT molecular complexity index is 521. The van der Waals surface area contributed by atoms with Crippen molar-refractivity contribution in [2.75, 3.05) is 4.90 Å². The zero-order valence-corrected chi connectivity index (χ0v) is 13.4. The molecule has 2 rings (SSSR count). The van der Waals surface area contributed by atoms with Gasteiger partial charge in [-0.05, 0) is 18.6 Å². The summed E-state index contributed by atoms with van der Waals surface area (Å²) < 4.78 is 0. The van der Waals surface area contributed by atoms with Gasteiger partial charge in [0.15, 0.2) is 0 Å². The molecule has 1 aromatic carbocycles. The van der Waals surface area contributed by atoms with E-state index in [9.17, 15) is 14.4 Å². The van der Waals surface area contributed by atoms with Crippen LogP contribution in [0.1, 0.15) is 34.1 Å². The highest BCUT2D eigenvalue weighted by Gasteiger charge is 2.42. The summed E-state index contributed by atoms with van der Waals surface area (Å²) in [5, 5.41) is 8.18. The monoisotopic (exact) mass is 305 g/mol. The zero-order valence-electron chi connectivity index (χ0n) is 13.4. The number of hydrogen-bond donors (Lipinski definition) is 1. The van der Waals surface area contributed by atoms with Crippen LogP contribution in [0.15, 0.2) is 30.3 Å². The molecule has 0 aliphatic carbocycles. The standard InChI is InChI=1S/C12H13NO2.C5H10O2/c1-8-9(2)12(15)13(11(8)14)10-6-4-3-5-7-10;1-3-4(2)5(6)7/h3-9H,1-2H3;4H,3H2,1-2H3,(H,6,7). The van der Waals surface area contributed by atoms with Crippen LogP contribution < -0.4 is 4.90 Å². The van der Waals surface area contributed by atoms with Crippen LogP contribution in [0.3, 0.4) is 0 Å². The lowest BCUT2D eigenvalue weighted by atomic mass is 10.00. The number of rotatable bonds is 3. The summed E-state index contributed by atoms with van der Waals surface area (Å²) in [6.45, 7) is 7.16. The summed E-state index contributed by atoms with van der Waals surface area (Å²) >= 11 is 0. The number of anilines is 1. The first-order valence-electron chi connectivity index (χ1n) is 7.46. The molecule has 1 N–H and O–H groups in total. The fourth-order valence-electron chi connectivity index (χ4n) is 1.95. The molecular weight excluding hydrogens is 282 g/mol. The molecule has 1 aromatic rings. The van der Waals surface area contributed by atoms with Crippen molar-refractivity contribution >= 4 is 23.5 Å². The van der Waals surface area contributed by atoms with Gasteiger partial charge in [-0.3, -0.25) is 19.3 Å². The first kappa shape index (κ1) is 17.9. The van der Waals surface area contributed by atoms with Crippen molar-refractivity contribution in [3.05, 3.63) is 30.3 Å². The van der Waals surface area contributed by atoms with Gasteiger partial charge in [0.2, 0.25) is 11.8 Å². The maximum atomic E-state index is 11.8. The third-order valence-corrected chi connectivity index (χ3v) is 4.02. The van der Waals surface area contributed by atoms with Crippen LogP contribution in [0.25, 0.3) is 0 Å². The van der Waals surface area contributed by atoms with E-state index < -0.39 is 5.97 Å². The first-order chi connectivity index (χ1) is 10.3. The van der Waals surface area contributed by atoms with Crippen LogP contribution in [-0.2, 0) is 14.4 Å². The number of carboxylic acid groups (broad SMARTS) is 1. The second kappa shape index (κ2) is 7.73. The normalized spacial score (nSPS) is 22.1. The third kappa shape index (κ3) is 3.93. The molecule has 0 spiro atoms. The smallest absolute Gasteiger partial charge is 0.306 e. The molecule has 3 atom stereocenters. The predicted molar refractivity (Wildman–Crippen MR) is 84.4 cm³/mol. The first-order valence-corrected chi connectivity index (χ1v) is 7.46. The molecule has 0 saturated carbocycles. The SMILES string of the molecule is CC1C(=O)N(c2ccccc2)C(=O)C1C.CCC(C)C(=O)O. The maximum Gasteiger partial charge on any atom is 0.306 e. The Balaban J connectivity index is 0.000000295. The molecular formula is C17H23NO4.